The van der Waals surface area contributed by atoms with Crippen molar-refractivity contribution in [1.82, 2.24) is 10.0 Å². The van der Waals surface area contributed by atoms with Gasteiger partial charge in [-0.2, -0.15) is 13.2 Å². The van der Waals surface area contributed by atoms with Gasteiger partial charge in [0.25, 0.3) is 5.91 Å². The van der Waals surface area contributed by atoms with Crippen molar-refractivity contribution >= 4 is 15.9 Å². The molecule has 5 nitrogen and oxygen atoms in total. The van der Waals surface area contributed by atoms with E-state index in [0.717, 1.165) is 18.9 Å². The number of benzene rings is 2. The fourth-order valence-corrected chi connectivity index (χ4v) is 3.86. The van der Waals surface area contributed by atoms with Gasteiger partial charge in [0, 0.05) is 11.6 Å². The van der Waals surface area contributed by atoms with Gasteiger partial charge in [-0.05, 0) is 36.6 Å². The number of hydrogen-bond donors (Lipinski definition) is 2. The number of alkyl halides is 3. The topological polar surface area (TPSA) is 75.3 Å². The maximum absolute atomic E-state index is 13.4. The fourth-order valence-electron chi connectivity index (χ4n) is 2.51. The zero-order valence-corrected chi connectivity index (χ0v) is 14.8. The molecule has 27 heavy (non-hydrogen) atoms. The van der Waals surface area contributed by atoms with Crippen molar-refractivity contribution in [3.63, 3.8) is 0 Å². The first-order valence-electron chi connectivity index (χ1n) is 8.22. The van der Waals surface area contributed by atoms with Crippen LogP contribution in [0.15, 0.2) is 59.5 Å². The summed E-state index contributed by atoms with van der Waals surface area (Å²) in [4.78, 5) is 12.2. The normalized spacial score (nSPS) is 16.0. The quantitative estimate of drug-likeness (QED) is 0.785. The summed E-state index contributed by atoms with van der Waals surface area (Å²) in [6.07, 6.45) is -3.22. The molecule has 1 aliphatic rings. The molecule has 0 radical (unpaired) electrons. The third kappa shape index (κ3) is 4.86. The van der Waals surface area contributed by atoms with Crippen LogP contribution in [0, 0.1) is 0 Å². The van der Waals surface area contributed by atoms with Crippen molar-refractivity contribution in [2.75, 3.05) is 0 Å². The fraction of sp³-hybridized carbons (Fsp3) is 0.278. The predicted octanol–water partition coefficient (Wildman–Crippen LogP) is 3.16. The van der Waals surface area contributed by atoms with Crippen molar-refractivity contribution in [2.45, 2.75) is 36.0 Å². The summed E-state index contributed by atoms with van der Waals surface area (Å²) in [5.41, 5.74) is -0.281. The van der Waals surface area contributed by atoms with Crippen molar-refractivity contribution in [3.8, 4) is 0 Å². The Labute approximate surface area is 154 Å². The maximum atomic E-state index is 13.4. The van der Waals surface area contributed by atoms with E-state index in [4.69, 9.17) is 0 Å². The minimum Gasteiger partial charge on any atom is -0.337 e. The molecule has 0 aliphatic heterocycles. The van der Waals surface area contributed by atoms with Gasteiger partial charge in [0.1, 0.15) is 0 Å². The maximum Gasteiger partial charge on any atom is 0.412 e. The lowest BCUT2D eigenvalue weighted by Crippen LogP contribution is -2.38. The van der Waals surface area contributed by atoms with Crippen LogP contribution in [0.4, 0.5) is 13.2 Å². The van der Waals surface area contributed by atoms with E-state index < -0.39 is 28.1 Å². The van der Waals surface area contributed by atoms with E-state index in [1.54, 1.807) is 6.07 Å². The van der Waals surface area contributed by atoms with E-state index in [2.05, 4.69) is 4.72 Å². The van der Waals surface area contributed by atoms with Gasteiger partial charge in [0.2, 0.25) is 10.0 Å². The van der Waals surface area contributed by atoms with E-state index in [0.29, 0.717) is 0 Å². The Balaban J connectivity index is 1.83. The minimum absolute atomic E-state index is 0.113. The average Bonchev–Trinajstić information content (AvgIpc) is 3.42. The van der Waals surface area contributed by atoms with E-state index in [1.165, 1.54) is 42.5 Å². The molecule has 0 aromatic heterocycles. The van der Waals surface area contributed by atoms with E-state index in [1.807, 2.05) is 5.32 Å². The number of rotatable bonds is 6. The highest BCUT2D eigenvalue weighted by Crippen LogP contribution is 2.33. The van der Waals surface area contributed by atoms with Crippen LogP contribution in [0.1, 0.15) is 34.8 Å². The Bertz CT molecular complexity index is 926. The van der Waals surface area contributed by atoms with Gasteiger partial charge in [-0.3, -0.25) is 4.79 Å². The van der Waals surface area contributed by atoms with Gasteiger partial charge < -0.3 is 5.32 Å². The zero-order valence-electron chi connectivity index (χ0n) is 14.0. The second-order valence-corrected chi connectivity index (χ2v) is 8.00. The van der Waals surface area contributed by atoms with Crippen molar-refractivity contribution in [1.29, 1.82) is 0 Å². The number of amides is 1. The van der Waals surface area contributed by atoms with Crippen LogP contribution < -0.4 is 10.0 Å². The van der Waals surface area contributed by atoms with Crippen LogP contribution in [0.3, 0.4) is 0 Å². The van der Waals surface area contributed by atoms with Gasteiger partial charge in [-0.25, -0.2) is 13.1 Å². The molecule has 1 atom stereocenters. The standard InChI is InChI=1S/C18H17F3N2O3S/c19-18(20,21)16(12-5-2-1-3-6-12)22-17(24)13-7-4-8-15(11-13)27(25,26)23-14-9-10-14/h1-8,11,14,16,23H,9-10H2,(H,22,24). The summed E-state index contributed by atoms with van der Waals surface area (Å²) in [5, 5.41) is 1.94. The summed E-state index contributed by atoms with van der Waals surface area (Å²) < 4.78 is 67.1. The molecule has 1 amide bonds. The van der Waals surface area contributed by atoms with Crippen molar-refractivity contribution in [3.05, 3.63) is 65.7 Å². The van der Waals surface area contributed by atoms with Gasteiger partial charge in [-0.15, -0.1) is 0 Å². The lowest BCUT2D eigenvalue weighted by atomic mass is 10.1. The van der Waals surface area contributed by atoms with Crippen LogP contribution in [-0.4, -0.2) is 26.5 Å². The molecule has 2 aromatic rings. The smallest absolute Gasteiger partial charge is 0.337 e. The second-order valence-electron chi connectivity index (χ2n) is 6.28. The molecule has 1 fully saturated rings. The molecule has 0 heterocycles. The zero-order chi connectivity index (χ0) is 19.7. The van der Waals surface area contributed by atoms with Crippen molar-refractivity contribution in [2.24, 2.45) is 0 Å². The molecule has 0 spiro atoms. The highest BCUT2D eigenvalue weighted by Gasteiger charge is 2.42. The molecule has 9 heteroatoms. The molecule has 2 N–H and O–H groups in total. The summed E-state index contributed by atoms with van der Waals surface area (Å²) in [6, 6.07) is 9.60. The van der Waals surface area contributed by atoms with Crippen LogP contribution >= 0.6 is 0 Å². The Kier molecular flexibility index (Phi) is 5.25. The van der Waals surface area contributed by atoms with E-state index >= 15 is 0 Å². The molecule has 2 aromatic carbocycles. The summed E-state index contributed by atoms with van der Waals surface area (Å²) in [6.45, 7) is 0. The minimum atomic E-state index is -4.70. The highest BCUT2D eigenvalue weighted by atomic mass is 32.2. The van der Waals surface area contributed by atoms with E-state index in [-0.39, 0.29) is 22.1 Å². The third-order valence-electron chi connectivity index (χ3n) is 4.04. The number of hydrogen-bond acceptors (Lipinski definition) is 3. The first kappa shape index (κ1) is 19.4. The molecular weight excluding hydrogens is 381 g/mol. The van der Waals surface area contributed by atoms with Crippen LogP contribution in [0.5, 0.6) is 0 Å². The molecule has 144 valence electrons. The first-order chi connectivity index (χ1) is 12.7. The SMILES string of the molecule is O=C(NC(c1ccccc1)C(F)(F)F)c1cccc(S(=O)(=O)NC2CC2)c1. The molecule has 1 saturated carbocycles. The average molecular weight is 398 g/mol. The van der Waals surface area contributed by atoms with Crippen LogP contribution in [-0.2, 0) is 10.0 Å². The van der Waals surface area contributed by atoms with Gasteiger partial charge in [0.15, 0.2) is 6.04 Å². The number of carbonyl (C=O) groups is 1. The third-order valence-corrected chi connectivity index (χ3v) is 5.56. The summed E-state index contributed by atoms with van der Waals surface area (Å²) in [7, 11) is -3.81. The Morgan fingerprint density at radius 2 is 1.70 bits per heavy atom. The van der Waals surface area contributed by atoms with Gasteiger partial charge in [-0.1, -0.05) is 36.4 Å². The molecule has 3 rings (SSSR count). The number of halogens is 3. The van der Waals surface area contributed by atoms with Gasteiger partial charge >= 0.3 is 6.18 Å². The second kappa shape index (κ2) is 7.32. The number of carbonyl (C=O) groups excluding carboxylic acids is 1. The Morgan fingerprint density at radius 3 is 2.30 bits per heavy atom. The summed E-state index contributed by atoms with van der Waals surface area (Å²) >= 11 is 0. The predicted molar refractivity (Wildman–Crippen MR) is 92.5 cm³/mol. The first-order valence-corrected chi connectivity index (χ1v) is 9.70. The lowest BCUT2D eigenvalue weighted by Gasteiger charge is -2.22. The van der Waals surface area contributed by atoms with Gasteiger partial charge in [0.05, 0.1) is 4.90 Å². The monoisotopic (exact) mass is 398 g/mol. The molecule has 0 saturated heterocycles. The Hall–Kier alpha value is -2.39. The lowest BCUT2D eigenvalue weighted by molar-refractivity contribution is -0.155. The molecule has 0 bridgehead atoms. The highest BCUT2D eigenvalue weighted by molar-refractivity contribution is 7.89. The van der Waals surface area contributed by atoms with Crippen molar-refractivity contribution < 1.29 is 26.4 Å². The molecule has 1 unspecified atom stereocenters. The van der Waals surface area contributed by atoms with Crippen LogP contribution in [0.25, 0.3) is 0 Å². The number of nitrogens with one attached hydrogen (secondary N) is 2. The summed E-state index contributed by atoms with van der Waals surface area (Å²) in [5.74, 6) is -1.01. The Morgan fingerprint density at radius 1 is 1.04 bits per heavy atom. The molecular formula is C18H17F3N2O3S. The van der Waals surface area contributed by atoms with Crippen LogP contribution in [0.2, 0.25) is 0 Å². The number of sulfonamides is 1. The largest absolute Gasteiger partial charge is 0.412 e. The van der Waals surface area contributed by atoms with E-state index in [9.17, 15) is 26.4 Å². The molecule has 1 aliphatic carbocycles.